The zero-order chi connectivity index (χ0) is 13.0. The molecule has 1 aromatic rings. The molecule has 4 heteroatoms. The molecule has 0 heterocycles. The second kappa shape index (κ2) is 5.91. The Kier molecular flexibility index (Phi) is 4.26. The van der Waals surface area contributed by atoms with Crippen molar-refractivity contribution in [2.24, 2.45) is 0 Å². The third kappa shape index (κ3) is 3.50. The summed E-state index contributed by atoms with van der Waals surface area (Å²) in [5.41, 5.74) is 0.751. The van der Waals surface area contributed by atoms with Crippen molar-refractivity contribution >= 4 is 23.6 Å². The van der Waals surface area contributed by atoms with Crippen LogP contribution in [0.2, 0.25) is 5.02 Å². The number of benzene rings is 1. The largest absolute Gasteiger partial charge is 0.489 e. The van der Waals surface area contributed by atoms with Crippen molar-refractivity contribution in [3.05, 3.63) is 34.9 Å². The monoisotopic (exact) mass is 266 g/mol. The molecule has 0 amide bonds. The lowest BCUT2D eigenvalue weighted by Crippen LogP contribution is -2.11. The van der Waals surface area contributed by atoms with Crippen LogP contribution in [0.15, 0.2) is 24.3 Å². The van der Waals surface area contributed by atoms with Gasteiger partial charge in [-0.3, -0.25) is 0 Å². The standard InChI is InChI=1S/C14H15ClO3/c15-12-9-10(6-8-14(16)17)5-7-13(12)18-11-3-1-2-4-11/h5-9,11H,1-4H2,(H,16,17). The van der Waals surface area contributed by atoms with Crippen molar-refractivity contribution in [3.8, 4) is 5.75 Å². The van der Waals surface area contributed by atoms with E-state index >= 15 is 0 Å². The molecular weight excluding hydrogens is 252 g/mol. The number of hydrogen-bond donors (Lipinski definition) is 1. The van der Waals surface area contributed by atoms with Crippen molar-refractivity contribution in [1.29, 1.82) is 0 Å². The maximum Gasteiger partial charge on any atom is 0.328 e. The summed E-state index contributed by atoms with van der Waals surface area (Å²) in [5, 5.41) is 9.07. The first kappa shape index (κ1) is 13.0. The number of carboxylic acids is 1. The Morgan fingerprint density at radius 2 is 2.11 bits per heavy atom. The molecule has 0 aliphatic heterocycles. The molecule has 0 saturated heterocycles. The molecule has 0 bridgehead atoms. The maximum absolute atomic E-state index is 10.4. The van der Waals surface area contributed by atoms with E-state index in [-0.39, 0.29) is 6.10 Å². The van der Waals surface area contributed by atoms with Gasteiger partial charge in [-0.1, -0.05) is 17.7 Å². The van der Waals surface area contributed by atoms with E-state index < -0.39 is 5.97 Å². The average molecular weight is 267 g/mol. The molecule has 1 saturated carbocycles. The summed E-state index contributed by atoms with van der Waals surface area (Å²) in [7, 11) is 0. The van der Waals surface area contributed by atoms with Crippen LogP contribution in [0.3, 0.4) is 0 Å². The van der Waals surface area contributed by atoms with E-state index in [1.165, 1.54) is 18.9 Å². The molecule has 1 aliphatic rings. The van der Waals surface area contributed by atoms with Gasteiger partial charge in [0, 0.05) is 6.08 Å². The molecule has 0 atom stereocenters. The molecule has 1 aromatic carbocycles. The lowest BCUT2D eigenvalue weighted by atomic mass is 10.2. The highest BCUT2D eigenvalue weighted by Crippen LogP contribution is 2.30. The van der Waals surface area contributed by atoms with Gasteiger partial charge in [-0.25, -0.2) is 4.79 Å². The normalized spacial score (nSPS) is 16.3. The topological polar surface area (TPSA) is 46.5 Å². The zero-order valence-electron chi connectivity index (χ0n) is 9.93. The second-order valence-corrected chi connectivity index (χ2v) is 4.79. The van der Waals surface area contributed by atoms with Crippen LogP contribution in [0, 0.1) is 0 Å². The third-order valence-corrected chi connectivity index (χ3v) is 3.27. The van der Waals surface area contributed by atoms with Crippen molar-refractivity contribution in [2.45, 2.75) is 31.8 Å². The van der Waals surface area contributed by atoms with E-state index in [1.807, 2.05) is 0 Å². The summed E-state index contributed by atoms with van der Waals surface area (Å²) in [6, 6.07) is 5.31. The van der Waals surface area contributed by atoms with Gasteiger partial charge in [0.2, 0.25) is 0 Å². The zero-order valence-corrected chi connectivity index (χ0v) is 10.7. The number of carbonyl (C=O) groups is 1. The van der Waals surface area contributed by atoms with Crippen molar-refractivity contribution in [3.63, 3.8) is 0 Å². The maximum atomic E-state index is 10.4. The van der Waals surface area contributed by atoms with Gasteiger partial charge in [-0.05, 0) is 49.5 Å². The fourth-order valence-electron chi connectivity index (χ4n) is 2.07. The quantitative estimate of drug-likeness (QED) is 0.844. The van der Waals surface area contributed by atoms with Crippen molar-refractivity contribution < 1.29 is 14.6 Å². The molecule has 0 unspecified atom stereocenters. The third-order valence-electron chi connectivity index (χ3n) is 2.97. The first-order valence-electron chi connectivity index (χ1n) is 6.02. The van der Waals surface area contributed by atoms with E-state index in [4.69, 9.17) is 21.4 Å². The van der Waals surface area contributed by atoms with Crippen LogP contribution in [0.1, 0.15) is 31.2 Å². The first-order chi connectivity index (χ1) is 8.65. The lowest BCUT2D eigenvalue weighted by molar-refractivity contribution is -0.131. The number of rotatable bonds is 4. The first-order valence-corrected chi connectivity index (χ1v) is 6.40. The van der Waals surface area contributed by atoms with Gasteiger partial charge in [-0.2, -0.15) is 0 Å². The highest BCUT2D eigenvalue weighted by Gasteiger charge is 2.17. The minimum Gasteiger partial charge on any atom is -0.489 e. The van der Waals surface area contributed by atoms with Crippen LogP contribution in [-0.2, 0) is 4.79 Å². The number of halogens is 1. The van der Waals surface area contributed by atoms with Crippen LogP contribution in [0.25, 0.3) is 6.08 Å². The van der Waals surface area contributed by atoms with Gasteiger partial charge in [0.25, 0.3) is 0 Å². The van der Waals surface area contributed by atoms with Crippen LogP contribution in [0.5, 0.6) is 5.75 Å². The van der Waals surface area contributed by atoms with Gasteiger partial charge in [0.1, 0.15) is 5.75 Å². The van der Waals surface area contributed by atoms with E-state index in [2.05, 4.69) is 0 Å². The summed E-state index contributed by atoms with van der Waals surface area (Å²) in [6.07, 6.45) is 7.44. The minimum absolute atomic E-state index is 0.267. The van der Waals surface area contributed by atoms with Gasteiger partial charge in [0.15, 0.2) is 0 Å². The second-order valence-electron chi connectivity index (χ2n) is 4.39. The van der Waals surface area contributed by atoms with E-state index in [0.717, 1.165) is 24.5 Å². The summed E-state index contributed by atoms with van der Waals surface area (Å²) >= 11 is 6.12. The Bertz CT molecular complexity index is 462. The molecule has 0 spiro atoms. The molecule has 18 heavy (non-hydrogen) atoms. The predicted molar refractivity (Wildman–Crippen MR) is 71.0 cm³/mol. The highest BCUT2D eigenvalue weighted by molar-refractivity contribution is 6.32. The molecule has 3 nitrogen and oxygen atoms in total. The molecule has 1 N–H and O–H groups in total. The van der Waals surface area contributed by atoms with Crippen LogP contribution >= 0.6 is 11.6 Å². The van der Waals surface area contributed by atoms with Crippen LogP contribution in [-0.4, -0.2) is 17.2 Å². The van der Waals surface area contributed by atoms with E-state index in [0.29, 0.717) is 10.8 Å². The molecule has 1 aliphatic carbocycles. The number of aliphatic carboxylic acids is 1. The lowest BCUT2D eigenvalue weighted by Gasteiger charge is -2.14. The van der Waals surface area contributed by atoms with Gasteiger partial charge in [-0.15, -0.1) is 0 Å². The number of hydrogen-bond acceptors (Lipinski definition) is 2. The fraction of sp³-hybridized carbons (Fsp3) is 0.357. The Balaban J connectivity index is 2.06. The molecular formula is C14H15ClO3. The van der Waals surface area contributed by atoms with Gasteiger partial charge >= 0.3 is 5.97 Å². The summed E-state index contributed by atoms with van der Waals surface area (Å²) < 4.78 is 5.81. The highest BCUT2D eigenvalue weighted by atomic mass is 35.5. The van der Waals surface area contributed by atoms with Gasteiger partial charge < -0.3 is 9.84 Å². The SMILES string of the molecule is O=C(O)C=Cc1ccc(OC2CCCC2)c(Cl)c1. The Labute approximate surface area is 111 Å². The van der Waals surface area contributed by atoms with E-state index in [9.17, 15) is 4.79 Å². The Morgan fingerprint density at radius 1 is 1.39 bits per heavy atom. The molecule has 0 aromatic heterocycles. The Hall–Kier alpha value is -1.48. The van der Waals surface area contributed by atoms with E-state index in [1.54, 1.807) is 18.2 Å². The summed E-state index contributed by atoms with van der Waals surface area (Å²) in [6.45, 7) is 0. The summed E-state index contributed by atoms with van der Waals surface area (Å²) in [5.74, 6) is -0.298. The molecule has 0 radical (unpaired) electrons. The molecule has 96 valence electrons. The predicted octanol–water partition coefficient (Wildman–Crippen LogP) is 3.76. The minimum atomic E-state index is -0.975. The summed E-state index contributed by atoms with van der Waals surface area (Å²) in [4.78, 5) is 10.4. The van der Waals surface area contributed by atoms with Gasteiger partial charge in [0.05, 0.1) is 11.1 Å². The smallest absolute Gasteiger partial charge is 0.328 e. The average Bonchev–Trinajstić information content (AvgIpc) is 2.82. The van der Waals surface area contributed by atoms with Crippen molar-refractivity contribution in [1.82, 2.24) is 0 Å². The number of carboxylic acid groups (broad SMARTS) is 1. The van der Waals surface area contributed by atoms with Crippen molar-refractivity contribution in [2.75, 3.05) is 0 Å². The van der Waals surface area contributed by atoms with Crippen LogP contribution < -0.4 is 4.74 Å². The fourth-order valence-corrected chi connectivity index (χ4v) is 2.30. The molecule has 2 rings (SSSR count). The van der Waals surface area contributed by atoms with Crippen LogP contribution in [0.4, 0.5) is 0 Å². The Morgan fingerprint density at radius 3 is 2.72 bits per heavy atom. The molecule has 1 fully saturated rings. The number of ether oxygens (including phenoxy) is 1.